The van der Waals surface area contributed by atoms with Gasteiger partial charge in [-0.25, -0.2) is 4.98 Å². The molecule has 0 aliphatic heterocycles. The summed E-state index contributed by atoms with van der Waals surface area (Å²) in [5.41, 5.74) is 2.07. The van der Waals surface area contributed by atoms with Gasteiger partial charge >= 0.3 is 0 Å². The van der Waals surface area contributed by atoms with E-state index >= 15 is 0 Å². The van der Waals surface area contributed by atoms with Crippen molar-refractivity contribution in [1.29, 1.82) is 0 Å². The Morgan fingerprint density at radius 3 is 2.79 bits per heavy atom. The number of rotatable bonds is 8. The highest BCUT2D eigenvalue weighted by atomic mass is 16.5. The summed E-state index contributed by atoms with van der Waals surface area (Å²) in [6.45, 7) is 4.24. The Bertz CT molecular complexity index is 798. The number of anilines is 2. The first-order valence-electron chi connectivity index (χ1n) is 8.17. The van der Waals surface area contributed by atoms with Crippen LogP contribution in [0.2, 0.25) is 0 Å². The largest absolute Gasteiger partial charge is 0.465 e. The molecular weight excluding hydrogens is 302 g/mol. The van der Waals surface area contributed by atoms with Crippen molar-refractivity contribution in [3.05, 3.63) is 54.0 Å². The molecule has 2 N–H and O–H groups in total. The summed E-state index contributed by atoms with van der Waals surface area (Å²) >= 11 is 0. The Morgan fingerprint density at radius 2 is 2.00 bits per heavy atom. The number of ether oxygens (including phenoxy) is 1. The number of pyridine rings is 1. The van der Waals surface area contributed by atoms with Crippen LogP contribution in [-0.2, 0) is 11.3 Å². The second-order valence-corrected chi connectivity index (χ2v) is 5.74. The van der Waals surface area contributed by atoms with Crippen molar-refractivity contribution in [3.8, 4) is 0 Å². The van der Waals surface area contributed by atoms with Crippen LogP contribution in [0.15, 0.2) is 46.9 Å². The van der Waals surface area contributed by atoms with Gasteiger partial charge in [-0.3, -0.25) is 0 Å². The topological polar surface area (TPSA) is 59.3 Å². The summed E-state index contributed by atoms with van der Waals surface area (Å²) < 4.78 is 10.6. The van der Waals surface area contributed by atoms with Gasteiger partial charge in [-0.05, 0) is 55.8 Å². The van der Waals surface area contributed by atoms with E-state index < -0.39 is 0 Å². The molecule has 126 valence electrons. The van der Waals surface area contributed by atoms with Gasteiger partial charge in [0.2, 0.25) is 0 Å². The van der Waals surface area contributed by atoms with Gasteiger partial charge < -0.3 is 19.8 Å². The molecule has 0 unspecified atom stereocenters. The van der Waals surface area contributed by atoms with E-state index in [9.17, 15) is 0 Å². The van der Waals surface area contributed by atoms with Gasteiger partial charge in [0.05, 0.1) is 12.1 Å². The van der Waals surface area contributed by atoms with Gasteiger partial charge in [-0.15, -0.1) is 0 Å². The molecule has 0 bridgehead atoms. The van der Waals surface area contributed by atoms with Crippen molar-refractivity contribution in [2.24, 2.45) is 0 Å². The number of nitrogens with zero attached hydrogens (tertiary/aromatic N) is 1. The molecule has 3 rings (SSSR count). The monoisotopic (exact) mass is 325 g/mol. The molecule has 2 heterocycles. The smallest absolute Gasteiger partial charge is 0.127 e. The molecule has 0 saturated carbocycles. The standard InChI is InChI=1S/C19H23N3O2/c1-14-4-7-17(24-14)13-21-19-9-5-15-12-16(6-8-18(15)22-19)20-10-3-11-23-2/h4-9,12,20H,3,10-11,13H2,1-2H3,(H,21,22). The zero-order valence-electron chi connectivity index (χ0n) is 14.1. The normalized spacial score (nSPS) is 10.9. The SMILES string of the molecule is COCCCNc1ccc2nc(NCc3ccc(C)o3)ccc2c1. The van der Waals surface area contributed by atoms with Crippen LogP contribution in [0, 0.1) is 6.92 Å². The van der Waals surface area contributed by atoms with Crippen molar-refractivity contribution >= 4 is 22.4 Å². The summed E-state index contributed by atoms with van der Waals surface area (Å²) in [5.74, 6) is 2.67. The lowest BCUT2D eigenvalue weighted by atomic mass is 10.2. The van der Waals surface area contributed by atoms with Crippen LogP contribution >= 0.6 is 0 Å². The molecule has 2 aromatic heterocycles. The Labute approximate surface area is 142 Å². The number of hydrogen-bond acceptors (Lipinski definition) is 5. The highest BCUT2D eigenvalue weighted by Gasteiger charge is 2.02. The minimum Gasteiger partial charge on any atom is -0.465 e. The molecular formula is C19H23N3O2. The molecule has 0 amide bonds. The predicted molar refractivity (Wildman–Crippen MR) is 97.5 cm³/mol. The van der Waals surface area contributed by atoms with Crippen molar-refractivity contribution in [1.82, 2.24) is 4.98 Å². The van der Waals surface area contributed by atoms with E-state index in [1.807, 2.05) is 31.2 Å². The Kier molecular flexibility index (Phi) is 5.33. The maximum atomic E-state index is 5.56. The third-order valence-electron chi connectivity index (χ3n) is 3.78. The fraction of sp³-hybridized carbons (Fsp3) is 0.316. The van der Waals surface area contributed by atoms with Crippen LogP contribution in [0.25, 0.3) is 10.9 Å². The van der Waals surface area contributed by atoms with Crippen LogP contribution in [0.5, 0.6) is 0 Å². The summed E-state index contributed by atoms with van der Waals surface area (Å²) in [4.78, 5) is 4.65. The fourth-order valence-corrected chi connectivity index (χ4v) is 2.54. The molecule has 1 aromatic carbocycles. The zero-order chi connectivity index (χ0) is 16.8. The van der Waals surface area contributed by atoms with Gasteiger partial charge in [0.1, 0.15) is 17.3 Å². The molecule has 0 atom stereocenters. The van der Waals surface area contributed by atoms with Crippen LogP contribution in [0.3, 0.4) is 0 Å². The molecule has 0 aliphatic rings. The second-order valence-electron chi connectivity index (χ2n) is 5.74. The summed E-state index contributed by atoms with van der Waals surface area (Å²) in [5, 5.41) is 7.81. The highest BCUT2D eigenvalue weighted by Crippen LogP contribution is 2.20. The maximum absolute atomic E-state index is 5.56. The minimum atomic E-state index is 0.630. The molecule has 3 aromatic rings. The zero-order valence-corrected chi connectivity index (χ0v) is 14.1. The Balaban J connectivity index is 1.63. The molecule has 0 spiro atoms. The first-order valence-corrected chi connectivity index (χ1v) is 8.17. The molecule has 5 heteroatoms. The first kappa shape index (κ1) is 16.3. The molecule has 0 fully saturated rings. The quantitative estimate of drug-likeness (QED) is 0.608. The highest BCUT2D eigenvalue weighted by molar-refractivity contribution is 5.83. The summed E-state index contributed by atoms with van der Waals surface area (Å²) in [6, 6.07) is 14.2. The van der Waals surface area contributed by atoms with Gasteiger partial charge in [-0.2, -0.15) is 0 Å². The molecule has 0 saturated heterocycles. The van der Waals surface area contributed by atoms with E-state index in [0.29, 0.717) is 6.54 Å². The predicted octanol–water partition coefficient (Wildman–Crippen LogP) is 4.20. The van der Waals surface area contributed by atoms with E-state index in [4.69, 9.17) is 9.15 Å². The number of furan rings is 1. The van der Waals surface area contributed by atoms with Gasteiger partial charge in [0.15, 0.2) is 0 Å². The summed E-state index contributed by atoms with van der Waals surface area (Å²) in [7, 11) is 1.72. The Hall–Kier alpha value is -2.53. The van der Waals surface area contributed by atoms with E-state index in [0.717, 1.165) is 53.5 Å². The lowest BCUT2D eigenvalue weighted by molar-refractivity contribution is 0.198. The molecule has 5 nitrogen and oxygen atoms in total. The van der Waals surface area contributed by atoms with E-state index in [1.54, 1.807) is 7.11 Å². The second kappa shape index (κ2) is 7.84. The number of fused-ring (bicyclic) bond motifs is 1. The van der Waals surface area contributed by atoms with Crippen LogP contribution in [-0.4, -0.2) is 25.2 Å². The number of aryl methyl sites for hydroxylation is 1. The summed E-state index contributed by atoms with van der Waals surface area (Å²) in [6.07, 6.45) is 0.988. The van der Waals surface area contributed by atoms with Crippen LogP contribution in [0.1, 0.15) is 17.9 Å². The maximum Gasteiger partial charge on any atom is 0.127 e. The number of benzene rings is 1. The van der Waals surface area contributed by atoms with Crippen molar-refractivity contribution in [2.45, 2.75) is 19.9 Å². The average molecular weight is 325 g/mol. The van der Waals surface area contributed by atoms with E-state index in [2.05, 4.69) is 33.8 Å². The fourth-order valence-electron chi connectivity index (χ4n) is 2.54. The molecule has 0 radical (unpaired) electrons. The lowest BCUT2D eigenvalue weighted by Crippen LogP contribution is -2.04. The minimum absolute atomic E-state index is 0.630. The number of hydrogen-bond donors (Lipinski definition) is 2. The number of aromatic nitrogens is 1. The van der Waals surface area contributed by atoms with Crippen molar-refractivity contribution in [2.75, 3.05) is 30.9 Å². The molecule has 0 aliphatic carbocycles. The lowest BCUT2D eigenvalue weighted by Gasteiger charge is -2.09. The first-order chi connectivity index (χ1) is 11.7. The Morgan fingerprint density at radius 1 is 1.08 bits per heavy atom. The third-order valence-corrected chi connectivity index (χ3v) is 3.78. The van der Waals surface area contributed by atoms with Crippen molar-refractivity contribution in [3.63, 3.8) is 0 Å². The van der Waals surface area contributed by atoms with Crippen molar-refractivity contribution < 1.29 is 9.15 Å². The van der Waals surface area contributed by atoms with Gasteiger partial charge in [0, 0.05) is 31.3 Å². The average Bonchev–Trinajstić information content (AvgIpc) is 3.02. The number of nitrogens with one attached hydrogen (secondary N) is 2. The number of methoxy groups -OCH3 is 1. The van der Waals surface area contributed by atoms with Crippen LogP contribution < -0.4 is 10.6 Å². The van der Waals surface area contributed by atoms with E-state index in [-0.39, 0.29) is 0 Å². The third kappa shape index (κ3) is 4.26. The van der Waals surface area contributed by atoms with Gasteiger partial charge in [-0.1, -0.05) is 0 Å². The van der Waals surface area contributed by atoms with E-state index in [1.165, 1.54) is 0 Å². The molecule has 24 heavy (non-hydrogen) atoms. The van der Waals surface area contributed by atoms with Gasteiger partial charge in [0.25, 0.3) is 0 Å². The van der Waals surface area contributed by atoms with Crippen LogP contribution in [0.4, 0.5) is 11.5 Å².